The van der Waals surface area contributed by atoms with E-state index < -0.39 is 0 Å². The van der Waals surface area contributed by atoms with Crippen LogP contribution in [0.1, 0.15) is 34.4 Å². The molecule has 1 fully saturated rings. The molecule has 1 saturated heterocycles. The van der Waals surface area contributed by atoms with Gasteiger partial charge in [0, 0.05) is 32.5 Å². The highest BCUT2D eigenvalue weighted by Crippen LogP contribution is 2.32. The molecule has 0 saturated carbocycles. The molecule has 2 atom stereocenters. The molecule has 1 aliphatic rings. The number of imidazole rings is 1. The first kappa shape index (κ1) is 12.9. The summed E-state index contributed by atoms with van der Waals surface area (Å²) in [7, 11) is 1.67. The molecule has 3 rings (SSSR count). The van der Waals surface area contributed by atoms with E-state index in [4.69, 9.17) is 9.15 Å². The molecule has 1 unspecified atom stereocenters. The zero-order valence-electron chi connectivity index (χ0n) is 11.5. The molecule has 0 spiro atoms. The average molecular weight is 275 g/mol. The van der Waals surface area contributed by atoms with Crippen molar-refractivity contribution in [1.29, 1.82) is 0 Å². The molecule has 2 aromatic rings. The Morgan fingerprint density at radius 1 is 1.60 bits per heavy atom. The summed E-state index contributed by atoms with van der Waals surface area (Å²) < 4.78 is 10.6. The monoisotopic (exact) mass is 275 g/mol. The standard InChI is InChI=1S/C14H17N3O3/c1-9-5-10(8-20-9)14(18)17-7-11(19-2)6-12(17)13-15-3-4-16-13/h3-5,8,11-12H,6-7H2,1-2H3,(H,15,16)/t11-,12?/m1/s1. The molecule has 6 heteroatoms. The molecule has 1 amide bonds. The molecule has 1 aliphatic heterocycles. The number of H-pyrrole nitrogens is 1. The smallest absolute Gasteiger partial charge is 0.257 e. The number of methoxy groups -OCH3 is 1. The fourth-order valence-electron chi connectivity index (χ4n) is 2.63. The van der Waals surface area contributed by atoms with Crippen molar-refractivity contribution in [2.45, 2.75) is 25.5 Å². The van der Waals surface area contributed by atoms with Gasteiger partial charge in [-0.1, -0.05) is 0 Å². The summed E-state index contributed by atoms with van der Waals surface area (Å²) in [4.78, 5) is 21.7. The second-order valence-corrected chi connectivity index (χ2v) is 4.99. The number of ether oxygens (including phenoxy) is 1. The molecule has 0 aromatic carbocycles. The number of carbonyl (C=O) groups excluding carboxylic acids is 1. The topological polar surface area (TPSA) is 71.4 Å². The Labute approximate surface area is 116 Å². The minimum absolute atomic E-state index is 0.0297. The lowest BCUT2D eigenvalue weighted by molar-refractivity contribution is 0.0684. The number of aryl methyl sites for hydroxylation is 1. The number of nitrogens with zero attached hydrogens (tertiary/aromatic N) is 2. The van der Waals surface area contributed by atoms with Crippen molar-refractivity contribution >= 4 is 5.91 Å². The molecular weight excluding hydrogens is 258 g/mol. The van der Waals surface area contributed by atoms with E-state index in [1.165, 1.54) is 6.26 Å². The number of carbonyl (C=O) groups is 1. The molecule has 0 aliphatic carbocycles. The third-order valence-electron chi connectivity index (χ3n) is 3.67. The predicted molar refractivity (Wildman–Crippen MR) is 71.2 cm³/mol. The number of hydrogen-bond acceptors (Lipinski definition) is 4. The molecular formula is C14H17N3O3. The van der Waals surface area contributed by atoms with Crippen LogP contribution >= 0.6 is 0 Å². The van der Waals surface area contributed by atoms with E-state index in [9.17, 15) is 4.79 Å². The SMILES string of the molecule is CO[C@@H]1CC(c2ncc[nH]2)N(C(=O)c2coc(C)c2)C1. The molecule has 106 valence electrons. The van der Waals surface area contributed by atoms with Crippen LogP contribution in [-0.2, 0) is 4.74 Å². The summed E-state index contributed by atoms with van der Waals surface area (Å²) in [6, 6.07) is 1.67. The van der Waals surface area contributed by atoms with Crippen LogP contribution in [0.3, 0.4) is 0 Å². The van der Waals surface area contributed by atoms with Crippen LogP contribution < -0.4 is 0 Å². The zero-order valence-corrected chi connectivity index (χ0v) is 11.5. The number of aromatic nitrogens is 2. The van der Waals surface area contributed by atoms with E-state index >= 15 is 0 Å². The Balaban J connectivity index is 1.87. The molecule has 0 radical (unpaired) electrons. The van der Waals surface area contributed by atoms with Gasteiger partial charge in [-0.15, -0.1) is 0 Å². The molecule has 2 aromatic heterocycles. The van der Waals surface area contributed by atoms with Gasteiger partial charge in [0.25, 0.3) is 5.91 Å². The predicted octanol–water partition coefficient (Wildman–Crippen LogP) is 1.91. The van der Waals surface area contributed by atoms with Crippen LogP contribution in [0.4, 0.5) is 0 Å². The van der Waals surface area contributed by atoms with Gasteiger partial charge in [-0.2, -0.15) is 0 Å². The van der Waals surface area contributed by atoms with E-state index in [0.717, 1.165) is 18.0 Å². The van der Waals surface area contributed by atoms with Crippen molar-refractivity contribution in [2.24, 2.45) is 0 Å². The van der Waals surface area contributed by atoms with Gasteiger partial charge >= 0.3 is 0 Å². The van der Waals surface area contributed by atoms with Crippen LogP contribution in [-0.4, -0.2) is 40.5 Å². The first-order chi connectivity index (χ1) is 9.69. The molecule has 1 N–H and O–H groups in total. The number of likely N-dealkylation sites (tertiary alicyclic amines) is 1. The Kier molecular flexibility index (Phi) is 3.31. The van der Waals surface area contributed by atoms with Crippen molar-refractivity contribution in [3.63, 3.8) is 0 Å². The van der Waals surface area contributed by atoms with Crippen LogP contribution in [0, 0.1) is 6.92 Å². The van der Waals surface area contributed by atoms with Crippen LogP contribution in [0.15, 0.2) is 29.1 Å². The summed E-state index contributed by atoms with van der Waals surface area (Å²) in [5, 5.41) is 0. The maximum atomic E-state index is 12.6. The lowest BCUT2D eigenvalue weighted by atomic mass is 10.2. The number of amides is 1. The highest BCUT2D eigenvalue weighted by molar-refractivity contribution is 5.94. The van der Waals surface area contributed by atoms with E-state index in [0.29, 0.717) is 12.1 Å². The Bertz CT molecular complexity index is 591. The summed E-state index contributed by atoms with van der Waals surface area (Å²) in [6.07, 6.45) is 5.73. The van der Waals surface area contributed by atoms with E-state index in [2.05, 4.69) is 9.97 Å². The van der Waals surface area contributed by atoms with E-state index in [1.807, 2.05) is 6.92 Å². The van der Waals surface area contributed by atoms with Crippen molar-refractivity contribution in [2.75, 3.05) is 13.7 Å². The summed E-state index contributed by atoms with van der Waals surface area (Å²) in [5.41, 5.74) is 0.566. The summed E-state index contributed by atoms with van der Waals surface area (Å²) in [5.74, 6) is 1.46. The molecule has 20 heavy (non-hydrogen) atoms. The van der Waals surface area contributed by atoms with Gasteiger partial charge in [0.2, 0.25) is 0 Å². The van der Waals surface area contributed by atoms with Gasteiger partial charge in [-0.25, -0.2) is 4.98 Å². The fraction of sp³-hybridized carbons (Fsp3) is 0.429. The summed E-state index contributed by atoms with van der Waals surface area (Å²) >= 11 is 0. The zero-order chi connectivity index (χ0) is 14.1. The normalized spacial score (nSPS) is 22.4. The lowest BCUT2D eigenvalue weighted by Crippen LogP contribution is -2.32. The highest BCUT2D eigenvalue weighted by Gasteiger charge is 2.38. The minimum Gasteiger partial charge on any atom is -0.469 e. The third kappa shape index (κ3) is 2.22. The number of nitrogens with one attached hydrogen (secondary N) is 1. The molecule has 0 bridgehead atoms. The third-order valence-corrected chi connectivity index (χ3v) is 3.67. The van der Waals surface area contributed by atoms with E-state index in [-0.39, 0.29) is 18.1 Å². The number of hydrogen-bond donors (Lipinski definition) is 1. The van der Waals surface area contributed by atoms with Gasteiger partial charge in [0.1, 0.15) is 17.8 Å². The summed E-state index contributed by atoms with van der Waals surface area (Å²) in [6.45, 7) is 2.38. The average Bonchev–Trinajstić information content (AvgIpc) is 3.17. The van der Waals surface area contributed by atoms with Gasteiger partial charge in [0.05, 0.1) is 17.7 Å². The van der Waals surface area contributed by atoms with Crippen LogP contribution in [0.5, 0.6) is 0 Å². The van der Waals surface area contributed by atoms with Crippen molar-refractivity contribution in [3.8, 4) is 0 Å². The van der Waals surface area contributed by atoms with Gasteiger partial charge in [-0.3, -0.25) is 4.79 Å². The number of rotatable bonds is 3. The van der Waals surface area contributed by atoms with Crippen molar-refractivity contribution < 1.29 is 13.9 Å². The quantitative estimate of drug-likeness (QED) is 0.928. The van der Waals surface area contributed by atoms with Crippen molar-refractivity contribution in [3.05, 3.63) is 41.9 Å². The van der Waals surface area contributed by atoms with Gasteiger partial charge in [-0.05, 0) is 13.0 Å². The number of aromatic amines is 1. The van der Waals surface area contributed by atoms with Crippen LogP contribution in [0.2, 0.25) is 0 Å². The Morgan fingerprint density at radius 2 is 2.45 bits per heavy atom. The fourth-order valence-corrected chi connectivity index (χ4v) is 2.63. The van der Waals surface area contributed by atoms with Gasteiger partial charge < -0.3 is 19.0 Å². The maximum Gasteiger partial charge on any atom is 0.257 e. The maximum absolute atomic E-state index is 12.6. The van der Waals surface area contributed by atoms with Crippen molar-refractivity contribution in [1.82, 2.24) is 14.9 Å². The first-order valence-corrected chi connectivity index (χ1v) is 6.57. The Morgan fingerprint density at radius 3 is 3.05 bits per heavy atom. The number of furan rings is 1. The van der Waals surface area contributed by atoms with E-state index in [1.54, 1.807) is 30.5 Å². The first-order valence-electron chi connectivity index (χ1n) is 6.57. The lowest BCUT2D eigenvalue weighted by Gasteiger charge is -2.22. The van der Waals surface area contributed by atoms with Crippen LogP contribution in [0.25, 0.3) is 0 Å². The highest BCUT2D eigenvalue weighted by atomic mass is 16.5. The largest absolute Gasteiger partial charge is 0.469 e. The van der Waals surface area contributed by atoms with Gasteiger partial charge in [0.15, 0.2) is 0 Å². The molecule has 6 nitrogen and oxygen atoms in total. The Hall–Kier alpha value is -2.08. The second-order valence-electron chi connectivity index (χ2n) is 4.99. The molecule has 3 heterocycles. The minimum atomic E-state index is -0.0855. The second kappa shape index (κ2) is 5.13.